The Morgan fingerprint density at radius 3 is 2.25 bits per heavy atom. The fraction of sp³-hybridized carbons (Fsp3) is 0.278. The van der Waals surface area contributed by atoms with Crippen molar-refractivity contribution in [1.29, 1.82) is 0 Å². The quantitative estimate of drug-likeness (QED) is 0.851. The van der Waals surface area contributed by atoms with Crippen LogP contribution in [0.1, 0.15) is 30.6 Å². The third-order valence-corrected chi connectivity index (χ3v) is 3.99. The molecule has 0 radical (unpaired) electrons. The number of nitrogens with zero attached hydrogens (tertiary/aromatic N) is 1. The minimum absolute atomic E-state index is 0.295. The molecule has 1 atom stereocenters. The molecule has 0 saturated heterocycles. The van der Waals surface area contributed by atoms with Crippen molar-refractivity contribution in [2.24, 2.45) is 0 Å². The molecule has 2 N–H and O–H groups in total. The molecule has 0 saturated carbocycles. The van der Waals surface area contributed by atoms with Crippen molar-refractivity contribution in [2.45, 2.75) is 25.8 Å². The zero-order valence-corrected chi connectivity index (χ0v) is 13.9. The van der Waals surface area contributed by atoms with Crippen LogP contribution in [0.4, 0.5) is 0 Å². The van der Waals surface area contributed by atoms with Gasteiger partial charge in [-0.1, -0.05) is 19.1 Å². The van der Waals surface area contributed by atoms with Gasteiger partial charge in [0.15, 0.2) is 0 Å². The van der Waals surface area contributed by atoms with Crippen molar-refractivity contribution in [1.82, 2.24) is 10.3 Å². The molecule has 0 spiro atoms. The molecule has 1 aromatic carbocycles. The molecule has 126 valence electrons. The molecule has 1 amide bonds. The summed E-state index contributed by atoms with van der Waals surface area (Å²) in [5.74, 6) is -0.942. The number of carboxylic acids is 1. The topological polar surface area (TPSA) is 88.5 Å². The molecule has 1 heterocycles. The lowest BCUT2D eigenvalue weighted by molar-refractivity contribution is -0.143. The first-order valence-electron chi connectivity index (χ1n) is 7.56. The van der Waals surface area contributed by atoms with Crippen LogP contribution in [0.2, 0.25) is 0 Å². The Bertz CT molecular complexity index is 726. The average molecular weight is 328 g/mol. The van der Waals surface area contributed by atoms with Gasteiger partial charge in [-0.05, 0) is 37.1 Å². The highest BCUT2D eigenvalue weighted by Gasteiger charge is 2.32. The first-order chi connectivity index (χ1) is 11.4. The highest BCUT2D eigenvalue weighted by atomic mass is 16.5. The number of hydrogen-bond donors (Lipinski definition) is 2. The average Bonchev–Trinajstić information content (AvgIpc) is 2.61. The molecule has 2 rings (SSSR count). The number of ether oxygens (including phenoxy) is 1. The van der Waals surface area contributed by atoms with Gasteiger partial charge in [0.05, 0.1) is 7.11 Å². The molecular weight excluding hydrogens is 308 g/mol. The maximum absolute atomic E-state index is 12.3. The van der Waals surface area contributed by atoms with E-state index >= 15 is 0 Å². The molecule has 0 aliphatic heterocycles. The van der Waals surface area contributed by atoms with Crippen LogP contribution in [-0.2, 0) is 4.79 Å². The Morgan fingerprint density at radius 1 is 1.17 bits per heavy atom. The zero-order chi connectivity index (χ0) is 17.7. The fourth-order valence-electron chi connectivity index (χ4n) is 2.10. The third-order valence-electron chi connectivity index (χ3n) is 3.99. The van der Waals surface area contributed by atoms with Crippen molar-refractivity contribution in [3.63, 3.8) is 0 Å². The molecule has 1 aromatic heterocycles. The van der Waals surface area contributed by atoms with Crippen LogP contribution < -0.4 is 10.1 Å². The Morgan fingerprint density at radius 2 is 1.79 bits per heavy atom. The number of carbonyl (C=O) groups is 2. The molecule has 0 unspecified atom stereocenters. The van der Waals surface area contributed by atoms with E-state index in [1.54, 1.807) is 50.6 Å². The van der Waals surface area contributed by atoms with Crippen molar-refractivity contribution >= 4 is 11.9 Å². The number of pyridine rings is 1. The summed E-state index contributed by atoms with van der Waals surface area (Å²) < 4.78 is 5.02. The molecule has 2 aromatic rings. The molecule has 0 aliphatic rings. The van der Waals surface area contributed by atoms with Crippen LogP contribution >= 0.6 is 0 Å². The summed E-state index contributed by atoms with van der Waals surface area (Å²) in [6.07, 6.45) is 1.98. The largest absolute Gasteiger partial charge is 0.481 e. The minimum atomic E-state index is -1.28. The van der Waals surface area contributed by atoms with E-state index < -0.39 is 17.4 Å². The second-order valence-corrected chi connectivity index (χ2v) is 5.61. The maximum Gasteiger partial charge on any atom is 0.329 e. The van der Waals surface area contributed by atoms with E-state index in [2.05, 4.69) is 10.3 Å². The molecule has 6 heteroatoms. The first kappa shape index (κ1) is 17.5. The van der Waals surface area contributed by atoms with E-state index in [-0.39, 0.29) is 0 Å². The minimum Gasteiger partial charge on any atom is -0.481 e. The van der Waals surface area contributed by atoms with Crippen molar-refractivity contribution in [2.75, 3.05) is 7.11 Å². The van der Waals surface area contributed by atoms with Gasteiger partial charge in [-0.2, -0.15) is 0 Å². The van der Waals surface area contributed by atoms with E-state index in [0.717, 1.165) is 11.1 Å². The van der Waals surface area contributed by atoms with Gasteiger partial charge in [0.2, 0.25) is 5.88 Å². The number of amides is 1. The Labute approximate surface area is 140 Å². The molecular formula is C18H20N2O4. The van der Waals surface area contributed by atoms with E-state index in [1.807, 2.05) is 6.07 Å². The van der Waals surface area contributed by atoms with E-state index in [9.17, 15) is 14.7 Å². The van der Waals surface area contributed by atoms with Crippen molar-refractivity contribution in [3.8, 4) is 17.0 Å². The van der Waals surface area contributed by atoms with Gasteiger partial charge in [-0.15, -0.1) is 0 Å². The highest BCUT2D eigenvalue weighted by Crippen LogP contribution is 2.21. The van der Waals surface area contributed by atoms with Crippen LogP contribution in [0, 0.1) is 0 Å². The lowest BCUT2D eigenvalue weighted by Gasteiger charge is -2.24. The van der Waals surface area contributed by atoms with Crippen LogP contribution in [-0.4, -0.2) is 34.6 Å². The molecule has 6 nitrogen and oxygen atoms in total. The predicted octanol–water partition coefficient (Wildman–Crippen LogP) is 2.74. The second kappa shape index (κ2) is 7.12. The van der Waals surface area contributed by atoms with Gasteiger partial charge >= 0.3 is 5.97 Å². The number of benzene rings is 1. The number of aromatic nitrogens is 1. The standard InChI is InChI=1S/C18H20N2O4/c1-4-18(2,17(22)23)20-16(21)13-7-5-12(6-8-13)14-9-10-15(24-3)19-11-14/h5-11H,4H2,1-3H3,(H,20,21)(H,22,23)/t18-/m1/s1. The summed E-state index contributed by atoms with van der Waals surface area (Å²) >= 11 is 0. The number of aliphatic carboxylic acids is 1. The number of carboxylic acid groups (broad SMARTS) is 1. The summed E-state index contributed by atoms with van der Waals surface area (Å²) in [7, 11) is 1.55. The number of nitrogens with one attached hydrogen (secondary N) is 1. The zero-order valence-electron chi connectivity index (χ0n) is 13.9. The van der Waals surface area contributed by atoms with Crippen LogP contribution in [0.25, 0.3) is 11.1 Å². The number of hydrogen-bond acceptors (Lipinski definition) is 4. The molecule has 0 fully saturated rings. The van der Waals surface area contributed by atoms with E-state index in [4.69, 9.17) is 4.74 Å². The van der Waals surface area contributed by atoms with Gasteiger partial charge < -0.3 is 15.2 Å². The van der Waals surface area contributed by atoms with Crippen LogP contribution in [0.15, 0.2) is 42.6 Å². The Hall–Kier alpha value is -2.89. The summed E-state index contributed by atoms with van der Waals surface area (Å²) in [5, 5.41) is 11.8. The van der Waals surface area contributed by atoms with E-state index in [1.165, 1.54) is 6.92 Å². The molecule has 0 bridgehead atoms. The first-order valence-corrected chi connectivity index (χ1v) is 7.56. The predicted molar refractivity (Wildman–Crippen MR) is 90.0 cm³/mol. The highest BCUT2D eigenvalue weighted by molar-refractivity contribution is 5.98. The van der Waals surface area contributed by atoms with Crippen molar-refractivity contribution in [3.05, 3.63) is 48.2 Å². The third kappa shape index (κ3) is 3.71. The number of carbonyl (C=O) groups excluding carboxylic acids is 1. The Kier molecular flexibility index (Phi) is 5.18. The lowest BCUT2D eigenvalue weighted by Crippen LogP contribution is -2.51. The summed E-state index contributed by atoms with van der Waals surface area (Å²) in [4.78, 5) is 27.7. The van der Waals surface area contributed by atoms with Gasteiger partial charge in [-0.3, -0.25) is 4.79 Å². The van der Waals surface area contributed by atoms with E-state index in [0.29, 0.717) is 17.9 Å². The van der Waals surface area contributed by atoms with Gasteiger partial charge in [0.25, 0.3) is 5.91 Å². The normalized spacial score (nSPS) is 13.0. The Balaban J connectivity index is 2.16. The maximum atomic E-state index is 12.3. The second-order valence-electron chi connectivity index (χ2n) is 5.61. The van der Waals surface area contributed by atoms with Gasteiger partial charge in [0.1, 0.15) is 5.54 Å². The molecule has 24 heavy (non-hydrogen) atoms. The fourth-order valence-corrected chi connectivity index (χ4v) is 2.10. The summed E-state index contributed by atoms with van der Waals surface area (Å²) in [5.41, 5.74) is 0.918. The van der Waals surface area contributed by atoms with Crippen LogP contribution in [0.5, 0.6) is 5.88 Å². The van der Waals surface area contributed by atoms with Crippen LogP contribution in [0.3, 0.4) is 0 Å². The summed E-state index contributed by atoms with van der Waals surface area (Å²) in [6, 6.07) is 10.5. The lowest BCUT2D eigenvalue weighted by atomic mass is 9.98. The molecule has 0 aliphatic carbocycles. The monoisotopic (exact) mass is 328 g/mol. The number of rotatable bonds is 6. The SMILES string of the molecule is CC[C@@](C)(NC(=O)c1ccc(-c2ccc(OC)nc2)cc1)C(=O)O. The van der Waals surface area contributed by atoms with Gasteiger partial charge in [-0.25, -0.2) is 9.78 Å². The number of methoxy groups -OCH3 is 1. The smallest absolute Gasteiger partial charge is 0.329 e. The summed E-state index contributed by atoms with van der Waals surface area (Å²) in [6.45, 7) is 3.21. The van der Waals surface area contributed by atoms with Crippen molar-refractivity contribution < 1.29 is 19.4 Å². The van der Waals surface area contributed by atoms with Gasteiger partial charge in [0, 0.05) is 23.4 Å².